The number of imidazole rings is 1. The van der Waals surface area contributed by atoms with Gasteiger partial charge in [0.1, 0.15) is 11.4 Å². The number of benzene rings is 8. The van der Waals surface area contributed by atoms with Crippen LogP contribution in [0, 0.1) is 18.5 Å². The molecule has 8 aromatic carbocycles. The first kappa shape index (κ1) is 46.5. The van der Waals surface area contributed by atoms with Crippen molar-refractivity contribution in [1.82, 2.24) is 14.1 Å². The SMILES string of the molecule is CC(C)(C)c1ccnc(-n2c3[c-]c(Oc4[c-]c(-[n+]5[c-]n(-c6c(-c7ccccc7)cccc6-c6ccccc6)c6ccccc65)c5oc6ccc7c(c6c5c4)C(C)(C)CCC7(C)C)ccc3c3ccccc32)c1.[Pt]. The Hall–Kier alpha value is -7.53. The van der Waals surface area contributed by atoms with Crippen LogP contribution in [0.1, 0.15) is 78.0 Å². The van der Waals surface area contributed by atoms with E-state index in [0.717, 1.165) is 101 Å². The van der Waals surface area contributed by atoms with Crippen molar-refractivity contribution >= 4 is 54.8 Å². The van der Waals surface area contributed by atoms with Crippen molar-refractivity contribution in [3.8, 4) is 50.9 Å². The van der Waals surface area contributed by atoms with E-state index in [2.05, 4.69) is 244 Å². The fourth-order valence-corrected chi connectivity index (χ4v) is 11.4. The van der Waals surface area contributed by atoms with E-state index in [1.165, 1.54) is 16.7 Å². The molecule has 0 atom stereocenters. The topological polar surface area (TPSA) is 49.0 Å². The van der Waals surface area contributed by atoms with Crippen LogP contribution in [0.3, 0.4) is 0 Å². The summed E-state index contributed by atoms with van der Waals surface area (Å²) in [5.74, 6) is 1.95. The quantitative estimate of drug-likeness (QED) is 0.118. The van der Waals surface area contributed by atoms with E-state index < -0.39 is 0 Å². The van der Waals surface area contributed by atoms with Crippen molar-refractivity contribution in [1.29, 1.82) is 0 Å². The van der Waals surface area contributed by atoms with Gasteiger partial charge in [-0.05, 0) is 103 Å². The third-order valence-corrected chi connectivity index (χ3v) is 15.2. The molecule has 0 saturated carbocycles. The minimum absolute atomic E-state index is 0. The van der Waals surface area contributed by atoms with Gasteiger partial charge in [-0.2, -0.15) is 6.07 Å². The first-order valence-electron chi connectivity index (χ1n) is 25.1. The molecule has 1 aliphatic carbocycles. The fraction of sp³-hybridized carbons (Fsp3) is 0.182. The maximum atomic E-state index is 7.16. The van der Waals surface area contributed by atoms with E-state index >= 15 is 0 Å². The molecule has 6 nitrogen and oxygen atoms in total. The minimum Gasteiger partial charge on any atom is -0.519 e. The van der Waals surface area contributed by atoms with E-state index in [4.69, 9.17) is 14.1 Å². The number of aromatic nitrogens is 4. The summed E-state index contributed by atoms with van der Waals surface area (Å²) in [5, 5.41) is 4.29. The largest absolute Gasteiger partial charge is 0.519 e. The zero-order valence-electron chi connectivity index (χ0n) is 42.1. The maximum Gasteiger partial charge on any atom is 0.268 e. The number of hydrogen-bond acceptors (Lipinski definition) is 3. The monoisotopic (exact) mass is 1130 g/mol. The number of nitrogens with zero attached hydrogens (tertiary/aromatic N) is 4. The molecule has 0 fully saturated rings. The Kier molecular flexibility index (Phi) is 11.0. The van der Waals surface area contributed by atoms with E-state index in [-0.39, 0.29) is 37.3 Å². The summed E-state index contributed by atoms with van der Waals surface area (Å²) >= 11 is 0. The van der Waals surface area contributed by atoms with Crippen LogP contribution in [0.15, 0.2) is 180 Å². The van der Waals surface area contributed by atoms with Gasteiger partial charge in [-0.1, -0.05) is 187 Å². The second-order valence-electron chi connectivity index (χ2n) is 21.8. The number of para-hydroxylation sites is 4. The van der Waals surface area contributed by atoms with Crippen molar-refractivity contribution in [2.24, 2.45) is 0 Å². The van der Waals surface area contributed by atoms with Gasteiger partial charge in [0.05, 0.1) is 16.7 Å². The number of rotatable bonds is 7. The fourth-order valence-electron chi connectivity index (χ4n) is 11.4. The molecular formula is C66H54N4O2Pt-2. The summed E-state index contributed by atoms with van der Waals surface area (Å²) in [6.45, 7) is 16.2. The molecule has 1 aliphatic rings. The van der Waals surface area contributed by atoms with Gasteiger partial charge in [0, 0.05) is 55.2 Å². The Labute approximate surface area is 440 Å². The molecule has 0 N–H and O–H groups in total. The number of ether oxygens (including phenoxy) is 1. The molecule has 4 heterocycles. The molecule has 73 heavy (non-hydrogen) atoms. The van der Waals surface area contributed by atoms with Gasteiger partial charge in [-0.15, -0.1) is 29.7 Å². The molecule has 0 radical (unpaired) electrons. The molecule has 0 bridgehead atoms. The number of pyridine rings is 1. The molecule has 12 aromatic rings. The van der Waals surface area contributed by atoms with Gasteiger partial charge in [-0.3, -0.25) is 4.57 Å². The van der Waals surface area contributed by atoms with Crippen LogP contribution in [0.4, 0.5) is 0 Å². The minimum atomic E-state index is -0.100. The van der Waals surface area contributed by atoms with Crippen molar-refractivity contribution < 1.29 is 34.8 Å². The zero-order valence-corrected chi connectivity index (χ0v) is 44.4. The standard InChI is InChI=1S/C66H54N4O2.Pt/c1-64(2,3)44-33-36-67-59(37-44)70-53-26-15-14-23-49(53)50-30-29-45(39-56(50)70)71-46-38-51-60-58(32-31-52-61(60)66(6,7)35-34-65(52,4)5)72-63(51)57(40-46)68-41-69(55-28-17-16-27-54(55)68)62-47(42-19-10-8-11-20-42)24-18-25-48(62)43-21-12-9-13-22-43;/h8-33,36-38H,34-35H2,1-7H3;/q-2;. The first-order chi connectivity index (χ1) is 34.8. The van der Waals surface area contributed by atoms with Gasteiger partial charge >= 0.3 is 0 Å². The van der Waals surface area contributed by atoms with Crippen LogP contribution < -0.4 is 9.30 Å². The molecule has 0 amide bonds. The van der Waals surface area contributed by atoms with Gasteiger partial charge in [-0.25, -0.2) is 4.98 Å². The molecule has 4 aromatic heterocycles. The molecule has 0 aliphatic heterocycles. The summed E-state index contributed by atoms with van der Waals surface area (Å²) < 4.78 is 20.8. The summed E-state index contributed by atoms with van der Waals surface area (Å²) in [4.78, 5) is 4.94. The number of furan rings is 1. The molecule has 0 spiro atoms. The van der Waals surface area contributed by atoms with Crippen LogP contribution in [0.5, 0.6) is 11.5 Å². The van der Waals surface area contributed by atoms with Gasteiger partial charge < -0.3 is 18.3 Å². The molecule has 0 saturated heterocycles. The predicted molar refractivity (Wildman–Crippen MR) is 292 cm³/mol. The maximum absolute atomic E-state index is 7.16. The molecule has 362 valence electrons. The Bertz CT molecular complexity index is 4060. The molecule has 7 heteroatoms. The molecular weight excluding hydrogens is 1080 g/mol. The van der Waals surface area contributed by atoms with E-state index in [1.807, 2.05) is 12.3 Å². The average molecular weight is 1130 g/mol. The second-order valence-corrected chi connectivity index (χ2v) is 21.8. The summed E-state index contributed by atoms with van der Waals surface area (Å²) in [7, 11) is 0. The average Bonchev–Trinajstić information content (AvgIpc) is 4.07. The van der Waals surface area contributed by atoms with Crippen molar-refractivity contribution in [3.63, 3.8) is 0 Å². The van der Waals surface area contributed by atoms with Gasteiger partial charge in [0.25, 0.3) is 6.33 Å². The Balaban J connectivity index is 0.00000543. The number of fused-ring (bicyclic) bond motifs is 9. The Morgan fingerprint density at radius 2 is 1.30 bits per heavy atom. The van der Waals surface area contributed by atoms with Crippen LogP contribution in [-0.2, 0) is 37.3 Å². The summed E-state index contributed by atoms with van der Waals surface area (Å²) in [6.07, 6.45) is 7.98. The third-order valence-electron chi connectivity index (χ3n) is 15.2. The van der Waals surface area contributed by atoms with Crippen molar-refractivity contribution in [3.05, 3.63) is 211 Å². The van der Waals surface area contributed by atoms with Crippen LogP contribution in [-0.4, -0.2) is 14.1 Å². The number of hydrogen-bond donors (Lipinski definition) is 0. The Morgan fingerprint density at radius 3 is 2.03 bits per heavy atom. The van der Waals surface area contributed by atoms with Crippen LogP contribution in [0.25, 0.3) is 94.2 Å². The van der Waals surface area contributed by atoms with Crippen LogP contribution >= 0.6 is 0 Å². The van der Waals surface area contributed by atoms with E-state index in [9.17, 15) is 0 Å². The van der Waals surface area contributed by atoms with Gasteiger partial charge in [0.2, 0.25) is 0 Å². The second kappa shape index (κ2) is 17.3. The first-order valence-corrected chi connectivity index (χ1v) is 25.1. The third kappa shape index (κ3) is 7.64. The normalized spacial score (nSPS) is 14.2. The zero-order chi connectivity index (χ0) is 49.1. The summed E-state index contributed by atoms with van der Waals surface area (Å²) in [6, 6.07) is 67.4. The van der Waals surface area contributed by atoms with Gasteiger partial charge in [0.15, 0.2) is 0 Å². The molecule has 13 rings (SSSR count). The predicted octanol–water partition coefficient (Wildman–Crippen LogP) is 16.5. The Morgan fingerprint density at radius 1 is 0.630 bits per heavy atom. The van der Waals surface area contributed by atoms with E-state index in [1.54, 1.807) is 0 Å². The smallest absolute Gasteiger partial charge is 0.268 e. The van der Waals surface area contributed by atoms with Crippen molar-refractivity contribution in [2.45, 2.75) is 77.6 Å². The van der Waals surface area contributed by atoms with Crippen LogP contribution in [0.2, 0.25) is 0 Å². The summed E-state index contributed by atoms with van der Waals surface area (Å²) in [5.41, 5.74) is 15.3. The molecule has 0 unspecified atom stereocenters. The van der Waals surface area contributed by atoms with Crippen molar-refractivity contribution in [2.75, 3.05) is 0 Å². The van der Waals surface area contributed by atoms with E-state index in [0.29, 0.717) is 17.2 Å².